The molecule has 1 fully saturated rings. The first kappa shape index (κ1) is 17.3. The van der Waals surface area contributed by atoms with E-state index in [1.165, 1.54) is 5.56 Å². The number of phenols is 1. The van der Waals surface area contributed by atoms with Crippen LogP contribution in [0.5, 0.6) is 5.75 Å². The number of carbonyl (C=O) groups is 1. The minimum Gasteiger partial charge on any atom is -0.504 e. The summed E-state index contributed by atoms with van der Waals surface area (Å²) in [5.74, 6) is 0.287. The molecular formula is C22H24N3O2+. The Hall–Kier alpha value is -3.08. The summed E-state index contributed by atoms with van der Waals surface area (Å²) in [7, 11) is 0. The minimum absolute atomic E-state index is 0.119. The largest absolute Gasteiger partial charge is 0.504 e. The van der Waals surface area contributed by atoms with Crippen LogP contribution in [0.2, 0.25) is 0 Å². The normalized spacial score (nSPS) is 15.3. The van der Waals surface area contributed by atoms with E-state index in [1.807, 2.05) is 47.4 Å². The monoisotopic (exact) mass is 362 g/mol. The lowest BCUT2D eigenvalue weighted by Gasteiger charge is -2.16. The quantitative estimate of drug-likeness (QED) is 0.722. The van der Waals surface area contributed by atoms with Crippen LogP contribution in [0, 0.1) is 6.92 Å². The van der Waals surface area contributed by atoms with Crippen molar-refractivity contribution < 1.29 is 14.5 Å². The molecule has 0 saturated carbocycles. The molecule has 0 radical (unpaired) electrons. The number of carbonyl (C=O) groups excluding carboxylic acids is 1. The van der Waals surface area contributed by atoms with Crippen LogP contribution in [0.1, 0.15) is 37.1 Å². The minimum atomic E-state index is 0.119. The number of rotatable bonds is 4. The maximum absolute atomic E-state index is 11.9. The van der Waals surface area contributed by atoms with Crippen LogP contribution >= 0.6 is 0 Å². The molecule has 0 bridgehead atoms. The zero-order chi connectivity index (χ0) is 19.0. The van der Waals surface area contributed by atoms with Crippen LogP contribution in [-0.4, -0.2) is 22.1 Å². The van der Waals surface area contributed by atoms with Crippen LogP contribution < -0.4 is 9.47 Å². The average Bonchev–Trinajstić information content (AvgIpc) is 3.27. The van der Waals surface area contributed by atoms with Crippen molar-refractivity contribution in [3.63, 3.8) is 0 Å². The molecule has 0 spiro atoms. The standard InChI is InChI=1S/C22H23N3O2/c1-16-14-23(15-25(16)17(2)18-7-4-3-5-8-18)20-11-10-19(13-21(20)26)24-12-6-9-22(24)27/h3-5,7-8,10-11,13-15,17H,6,9,12H2,1-2H3/p+1. The smallest absolute Gasteiger partial charge is 0.249 e. The molecule has 1 unspecified atom stereocenters. The van der Waals surface area contributed by atoms with Gasteiger partial charge < -0.3 is 10.0 Å². The topological polar surface area (TPSA) is 49.4 Å². The van der Waals surface area contributed by atoms with E-state index in [-0.39, 0.29) is 17.7 Å². The SMILES string of the molecule is Cc1cn(-c2ccc(N3CCCC3=O)cc2O)c[n+]1C(C)c1ccccc1. The van der Waals surface area contributed by atoms with Gasteiger partial charge in [-0.1, -0.05) is 30.3 Å². The molecule has 1 saturated heterocycles. The summed E-state index contributed by atoms with van der Waals surface area (Å²) < 4.78 is 4.12. The van der Waals surface area contributed by atoms with Gasteiger partial charge in [0.05, 0.1) is 0 Å². The number of amides is 1. The van der Waals surface area contributed by atoms with Crippen molar-refractivity contribution in [3.05, 3.63) is 72.3 Å². The molecule has 3 aromatic rings. The summed E-state index contributed by atoms with van der Waals surface area (Å²) >= 11 is 0. The molecule has 2 aromatic carbocycles. The Morgan fingerprint density at radius 2 is 1.93 bits per heavy atom. The third kappa shape index (κ3) is 3.21. The number of hydrogen-bond acceptors (Lipinski definition) is 2. The van der Waals surface area contributed by atoms with Gasteiger partial charge in [0, 0.05) is 31.6 Å². The Morgan fingerprint density at radius 1 is 1.15 bits per heavy atom. The van der Waals surface area contributed by atoms with E-state index in [0.717, 1.165) is 24.3 Å². The number of aryl methyl sites for hydroxylation is 1. The van der Waals surface area contributed by atoms with Crippen LogP contribution in [0.25, 0.3) is 5.69 Å². The second-order valence-electron chi connectivity index (χ2n) is 7.11. The highest BCUT2D eigenvalue weighted by Crippen LogP contribution is 2.30. The van der Waals surface area contributed by atoms with Gasteiger partial charge in [-0.3, -0.25) is 4.79 Å². The second-order valence-corrected chi connectivity index (χ2v) is 7.11. The molecule has 1 amide bonds. The highest BCUT2D eigenvalue weighted by Gasteiger charge is 2.24. The third-order valence-electron chi connectivity index (χ3n) is 5.30. The predicted octanol–water partition coefficient (Wildman–Crippen LogP) is 3.51. The summed E-state index contributed by atoms with van der Waals surface area (Å²) in [5.41, 5.74) is 3.79. The molecule has 0 aliphatic carbocycles. The molecule has 1 aliphatic rings. The molecule has 27 heavy (non-hydrogen) atoms. The van der Waals surface area contributed by atoms with E-state index in [9.17, 15) is 9.90 Å². The number of phenolic OH excluding ortho intramolecular Hbond substituents is 1. The summed E-state index contributed by atoms with van der Waals surface area (Å²) in [6.07, 6.45) is 5.46. The van der Waals surface area contributed by atoms with Gasteiger partial charge in [-0.15, -0.1) is 0 Å². The van der Waals surface area contributed by atoms with Crippen molar-refractivity contribution in [3.8, 4) is 11.4 Å². The Kier molecular flexibility index (Phi) is 4.44. The highest BCUT2D eigenvalue weighted by molar-refractivity contribution is 5.95. The highest BCUT2D eigenvalue weighted by atomic mass is 16.3. The average molecular weight is 362 g/mol. The lowest BCUT2D eigenvalue weighted by Crippen LogP contribution is -2.39. The van der Waals surface area contributed by atoms with Crippen molar-refractivity contribution in [1.29, 1.82) is 0 Å². The van der Waals surface area contributed by atoms with Crippen molar-refractivity contribution in [2.45, 2.75) is 32.7 Å². The molecule has 1 aromatic heterocycles. The molecular weight excluding hydrogens is 338 g/mol. The third-order valence-corrected chi connectivity index (χ3v) is 5.30. The van der Waals surface area contributed by atoms with Gasteiger partial charge in [-0.25, -0.2) is 4.57 Å². The number of imidazole rings is 1. The van der Waals surface area contributed by atoms with Gasteiger partial charge in [0.15, 0.2) is 11.4 Å². The number of anilines is 1. The van der Waals surface area contributed by atoms with Gasteiger partial charge in [-0.05, 0) is 31.0 Å². The second kappa shape index (κ2) is 6.91. The lowest BCUT2D eigenvalue weighted by atomic mass is 10.1. The number of aromatic nitrogens is 2. The van der Waals surface area contributed by atoms with E-state index < -0.39 is 0 Å². The fourth-order valence-electron chi connectivity index (χ4n) is 3.77. The zero-order valence-electron chi connectivity index (χ0n) is 15.7. The summed E-state index contributed by atoms with van der Waals surface area (Å²) in [6, 6.07) is 16.0. The molecule has 4 rings (SSSR count). The van der Waals surface area contributed by atoms with E-state index >= 15 is 0 Å². The number of benzene rings is 2. The Bertz CT molecular complexity index is 978. The summed E-state index contributed by atoms with van der Waals surface area (Å²) in [4.78, 5) is 13.7. The van der Waals surface area contributed by atoms with Crippen molar-refractivity contribution >= 4 is 11.6 Å². The number of nitrogens with zero attached hydrogens (tertiary/aromatic N) is 3. The van der Waals surface area contributed by atoms with Crippen molar-refractivity contribution in [2.75, 3.05) is 11.4 Å². The molecule has 1 atom stereocenters. The Labute approximate surface area is 159 Å². The van der Waals surface area contributed by atoms with Gasteiger partial charge in [0.25, 0.3) is 0 Å². The number of aromatic hydroxyl groups is 1. The van der Waals surface area contributed by atoms with Crippen molar-refractivity contribution in [1.82, 2.24) is 4.57 Å². The maximum atomic E-state index is 11.9. The van der Waals surface area contributed by atoms with Crippen LogP contribution in [0.15, 0.2) is 61.1 Å². The molecule has 1 N–H and O–H groups in total. The fourth-order valence-corrected chi connectivity index (χ4v) is 3.77. The molecule has 2 heterocycles. The first-order chi connectivity index (χ1) is 13.0. The Morgan fingerprint density at radius 3 is 2.59 bits per heavy atom. The van der Waals surface area contributed by atoms with Gasteiger partial charge in [-0.2, -0.15) is 4.57 Å². The van der Waals surface area contributed by atoms with Gasteiger partial charge >= 0.3 is 0 Å². The summed E-state index contributed by atoms with van der Waals surface area (Å²) in [5, 5.41) is 10.6. The molecule has 1 aliphatic heterocycles. The first-order valence-electron chi connectivity index (χ1n) is 9.33. The Balaban J connectivity index is 1.65. The maximum Gasteiger partial charge on any atom is 0.249 e. The predicted molar refractivity (Wildman–Crippen MR) is 104 cm³/mol. The van der Waals surface area contributed by atoms with Crippen LogP contribution in [0.3, 0.4) is 0 Å². The van der Waals surface area contributed by atoms with Crippen LogP contribution in [-0.2, 0) is 4.79 Å². The van der Waals surface area contributed by atoms with Crippen molar-refractivity contribution in [2.24, 2.45) is 0 Å². The van der Waals surface area contributed by atoms with E-state index in [1.54, 1.807) is 11.0 Å². The first-order valence-corrected chi connectivity index (χ1v) is 9.33. The lowest BCUT2D eigenvalue weighted by molar-refractivity contribution is -0.715. The van der Waals surface area contributed by atoms with E-state index in [0.29, 0.717) is 12.1 Å². The molecule has 138 valence electrons. The fraction of sp³-hybridized carbons (Fsp3) is 0.273. The van der Waals surface area contributed by atoms with E-state index in [2.05, 4.69) is 30.5 Å². The van der Waals surface area contributed by atoms with Gasteiger partial charge in [0.1, 0.15) is 17.9 Å². The zero-order valence-corrected chi connectivity index (χ0v) is 15.7. The van der Waals surface area contributed by atoms with Crippen LogP contribution in [0.4, 0.5) is 5.69 Å². The molecule has 5 nitrogen and oxygen atoms in total. The van der Waals surface area contributed by atoms with Gasteiger partial charge in [0.2, 0.25) is 12.2 Å². The summed E-state index contributed by atoms with van der Waals surface area (Å²) in [6.45, 7) is 4.94. The number of hydrogen-bond donors (Lipinski definition) is 1. The molecule has 5 heteroatoms. The van der Waals surface area contributed by atoms with E-state index in [4.69, 9.17) is 0 Å².